The maximum atomic E-state index is 13.2. The van der Waals surface area contributed by atoms with Crippen LogP contribution in [0.1, 0.15) is 80.6 Å². The number of carbonyl (C=O) groups excluding carboxylic acids is 3. The van der Waals surface area contributed by atoms with Gasteiger partial charge in [0.25, 0.3) is 5.91 Å². The predicted octanol–water partition coefficient (Wildman–Crippen LogP) is 5.28. The third kappa shape index (κ3) is 9.56. The molecule has 3 rings (SSSR count). The van der Waals surface area contributed by atoms with E-state index in [1.165, 1.54) is 37.0 Å². The fourth-order valence-electron chi connectivity index (χ4n) is 4.40. The lowest BCUT2D eigenvalue weighted by atomic mass is 10.1. The quantitative estimate of drug-likeness (QED) is 0.261. The van der Waals surface area contributed by atoms with Crippen LogP contribution in [-0.4, -0.2) is 48.4 Å². The van der Waals surface area contributed by atoms with E-state index in [4.69, 9.17) is 9.47 Å². The average molecular weight is 509 g/mol. The second-order valence-electron chi connectivity index (χ2n) is 9.50. The molecule has 1 atom stereocenters. The summed E-state index contributed by atoms with van der Waals surface area (Å²) in [6.07, 6.45) is 9.14. The number of carbonyl (C=O) groups is 3. The molecule has 7 heteroatoms. The van der Waals surface area contributed by atoms with E-state index in [1.54, 1.807) is 24.3 Å². The van der Waals surface area contributed by atoms with E-state index in [-0.39, 0.29) is 18.2 Å². The minimum absolute atomic E-state index is 0.146. The van der Waals surface area contributed by atoms with Crippen LogP contribution in [0.25, 0.3) is 0 Å². The molecule has 0 spiro atoms. The topological polar surface area (TPSA) is 84.9 Å². The lowest BCUT2D eigenvalue weighted by Gasteiger charge is -2.34. The largest absolute Gasteiger partial charge is 0.489 e. The summed E-state index contributed by atoms with van der Waals surface area (Å²) < 4.78 is 11.2. The fraction of sp³-hybridized carbons (Fsp3) is 0.500. The van der Waals surface area contributed by atoms with Crippen molar-refractivity contribution in [2.45, 2.75) is 77.4 Å². The zero-order valence-corrected chi connectivity index (χ0v) is 22.0. The van der Waals surface area contributed by atoms with E-state index in [2.05, 4.69) is 12.2 Å². The molecule has 1 fully saturated rings. The lowest BCUT2D eigenvalue weighted by molar-refractivity contribution is -0.147. The second kappa shape index (κ2) is 15.7. The predicted molar refractivity (Wildman–Crippen MR) is 143 cm³/mol. The smallest absolute Gasteiger partial charge is 0.308 e. The van der Waals surface area contributed by atoms with Crippen LogP contribution in [0, 0.1) is 0 Å². The molecule has 1 aliphatic heterocycles. The number of hydrogen-bond donors (Lipinski definition) is 1. The van der Waals surface area contributed by atoms with Crippen LogP contribution in [0.5, 0.6) is 5.75 Å². The number of hydrogen-bond acceptors (Lipinski definition) is 5. The van der Waals surface area contributed by atoms with E-state index >= 15 is 0 Å². The number of esters is 1. The number of nitrogens with zero attached hydrogens (tertiary/aromatic N) is 1. The van der Waals surface area contributed by atoms with Gasteiger partial charge in [-0.25, -0.2) is 0 Å². The van der Waals surface area contributed by atoms with Gasteiger partial charge in [-0.1, -0.05) is 82.2 Å². The highest BCUT2D eigenvalue weighted by Crippen LogP contribution is 2.19. The van der Waals surface area contributed by atoms with Crippen molar-refractivity contribution in [3.8, 4) is 5.75 Å². The molecule has 2 amide bonds. The number of rotatable bonds is 15. The zero-order valence-electron chi connectivity index (χ0n) is 22.0. The Hall–Kier alpha value is -3.35. The number of unbranched alkanes of at least 4 members (excludes halogenated alkanes) is 7. The van der Waals surface area contributed by atoms with Crippen molar-refractivity contribution in [3.63, 3.8) is 0 Å². The van der Waals surface area contributed by atoms with Gasteiger partial charge in [-0.05, 0) is 36.2 Å². The Morgan fingerprint density at radius 3 is 2.30 bits per heavy atom. The minimum atomic E-state index is -0.874. The summed E-state index contributed by atoms with van der Waals surface area (Å²) in [5.41, 5.74) is 1.50. The van der Waals surface area contributed by atoms with Gasteiger partial charge >= 0.3 is 5.97 Å². The Morgan fingerprint density at radius 2 is 1.59 bits per heavy atom. The number of nitrogens with one attached hydrogen (secondary N) is 1. The molecular weight excluding hydrogens is 468 g/mol. The summed E-state index contributed by atoms with van der Waals surface area (Å²) in [6.45, 7) is 3.69. The Morgan fingerprint density at radius 1 is 0.919 bits per heavy atom. The molecule has 2 aromatic rings. The molecule has 200 valence electrons. The summed E-state index contributed by atoms with van der Waals surface area (Å²) >= 11 is 0. The van der Waals surface area contributed by atoms with Crippen molar-refractivity contribution in [1.29, 1.82) is 0 Å². The molecule has 1 saturated heterocycles. The monoisotopic (exact) mass is 508 g/mol. The van der Waals surface area contributed by atoms with Gasteiger partial charge in [0.05, 0.1) is 13.0 Å². The van der Waals surface area contributed by atoms with Crippen molar-refractivity contribution in [3.05, 3.63) is 65.7 Å². The van der Waals surface area contributed by atoms with Crippen LogP contribution >= 0.6 is 0 Å². The first-order chi connectivity index (χ1) is 18.1. The fourth-order valence-corrected chi connectivity index (χ4v) is 4.40. The maximum absolute atomic E-state index is 13.2. The van der Waals surface area contributed by atoms with Crippen LogP contribution in [0.2, 0.25) is 0 Å². The van der Waals surface area contributed by atoms with Gasteiger partial charge in [0, 0.05) is 18.7 Å². The molecule has 2 aromatic carbocycles. The molecule has 1 unspecified atom stereocenters. The molecule has 0 saturated carbocycles. The van der Waals surface area contributed by atoms with Crippen LogP contribution in [0.4, 0.5) is 0 Å². The third-order valence-electron chi connectivity index (χ3n) is 6.56. The molecule has 7 nitrogen and oxygen atoms in total. The van der Waals surface area contributed by atoms with Gasteiger partial charge in [-0.3, -0.25) is 14.4 Å². The number of ether oxygens (including phenoxy) is 2. The maximum Gasteiger partial charge on any atom is 0.308 e. The first kappa shape index (κ1) is 28.2. The van der Waals surface area contributed by atoms with Crippen molar-refractivity contribution in [2.75, 3.05) is 19.7 Å². The molecule has 0 aromatic heterocycles. The Balaban J connectivity index is 1.45. The third-order valence-corrected chi connectivity index (χ3v) is 6.56. The first-order valence-corrected chi connectivity index (χ1v) is 13.6. The van der Waals surface area contributed by atoms with Crippen molar-refractivity contribution >= 4 is 17.8 Å². The molecule has 0 bridgehead atoms. The Bertz CT molecular complexity index is 977. The summed E-state index contributed by atoms with van der Waals surface area (Å²) in [4.78, 5) is 39.7. The highest BCUT2D eigenvalue weighted by Gasteiger charge is 2.35. The molecular formula is C30H40N2O5. The van der Waals surface area contributed by atoms with Crippen molar-refractivity contribution in [1.82, 2.24) is 10.2 Å². The van der Waals surface area contributed by atoms with E-state index < -0.39 is 12.0 Å². The summed E-state index contributed by atoms with van der Waals surface area (Å²) in [6, 6.07) is 15.8. The second-order valence-corrected chi connectivity index (χ2v) is 9.50. The Kier molecular flexibility index (Phi) is 12.0. The number of piperazine rings is 1. The van der Waals surface area contributed by atoms with E-state index in [9.17, 15) is 14.4 Å². The first-order valence-electron chi connectivity index (χ1n) is 13.6. The van der Waals surface area contributed by atoms with E-state index in [1.807, 2.05) is 30.3 Å². The minimum Gasteiger partial charge on any atom is -0.489 e. The van der Waals surface area contributed by atoms with Crippen molar-refractivity contribution < 1.29 is 23.9 Å². The van der Waals surface area contributed by atoms with E-state index in [0.29, 0.717) is 37.6 Å². The van der Waals surface area contributed by atoms with Crippen LogP contribution < -0.4 is 10.1 Å². The van der Waals surface area contributed by atoms with Crippen LogP contribution in [0.3, 0.4) is 0 Å². The zero-order chi connectivity index (χ0) is 26.3. The molecule has 37 heavy (non-hydrogen) atoms. The van der Waals surface area contributed by atoms with Gasteiger partial charge < -0.3 is 19.7 Å². The van der Waals surface area contributed by atoms with Gasteiger partial charge in [0.15, 0.2) is 0 Å². The summed E-state index contributed by atoms with van der Waals surface area (Å²) in [7, 11) is 0. The van der Waals surface area contributed by atoms with Crippen LogP contribution in [0.15, 0.2) is 54.6 Å². The average Bonchev–Trinajstić information content (AvgIpc) is 2.92. The molecule has 0 radical (unpaired) electrons. The molecule has 0 aliphatic carbocycles. The molecule has 1 aliphatic rings. The lowest BCUT2D eigenvalue weighted by Crippen LogP contribution is -2.57. The normalized spacial score (nSPS) is 15.2. The standard InChI is InChI=1S/C30H40N2O5/c1-2-3-4-5-6-7-8-12-21-36-28(33)22-27-29(34)31-19-20-32(27)30(35)25-15-17-26(18-16-25)37-23-24-13-10-9-11-14-24/h9-11,13-18,27H,2-8,12,19-23H2,1H3,(H,31,34). The number of benzene rings is 2. The summed E-state index contributed by atoms with van der Waals surface area (Å²) in [5, 5.41) is 2.76. The summed E-state index contributed by atoms with van der Waals surface area (Å²) in [5.74, 6) is -0.415. The highest BCUT2D eigenvalue weighted by molar-refractivity contribution is 5.99. The van der Waals surface area contributed by atoms with Gasteiger partial charge in [-0.15, -0.1) is 0 Å². The number of amides is 2. The SMILES string of the molecule is CCCCCCCCCCOC(=O)CC1C(=O)NCCN1C(=O)c1ccc(OCc2ccccc2)cc1. The van der Waals surface area contributed by atoms with Gasteiger partial charge in [0.1, 0.15) is 18.4 Å². The van der Waals surface area contributed by atoms with E-state index in [0.717, 1.165) is 24.8 Å². The van der Waals surface area contributed by atoms with Gasteiger partial charge in [0.2, 0.25) is 5.91 Å². The molecule has 1 heterocycles. The van der Waals surface area contributed by atoms with Gasteiger partial charge in [-0.2, -0.15) is 0 Å². The highest BCUT2D eigenvalue weighted by atomic mass is 16.5. The Labute approximate surface area is 220 Å². The molecule has 1 N–H and O–H groups in total. The van der Waals surface area contributed by atoms with Crippen molar-refractivity contribution in [2.24, 2.45) is 0 Å². The van der Waals surface area contributed by atoms with Crippen LogP contribution in [-0.2, 0) is 20.9 Å².